The zero-order chi connectivity index (χ0) is 8.97. The van der Waals surface area contributed by atoms with Crippen LogP contribution in [0.2, 0.25) is 5.02 Å². The van der Waals surface area contributed by atoms with Gasteiger partial charge in [0.15, 0.2) is 0 Å². The Bertz CT molecular complexity index is 272. The van der Waals surface area contributed by atoms with Gasteiger partial charge in [-0.1, -0.05) is 48.3 Å². The van der Waals surface area contributed by atoms with Crippen LogP contribution in [0.5, 0.6) is 0 Å². The predicted octanol–water partition coefficient (Wildman–Crippen LogP) is 4.33. The van der Waals surface area contributed by atoms with E-state index in [-0.39, 0.29) is 0 Å². The van der Waals surface area contributed by atoms with Gasteiger partial charge >= 0.3 is 0 Å². The first-order chi connectivity index (χ1) is 5.74. The molecule has 0 heterocycles. The quantitative estimate of drug-likeness (QED) is 0.667. The summed E-state index contributed by atoms with van der Waals surface area (Å²) in [5.74, 6) is 0. The third-order valence-corrected chi connectivity index (χ3v) is 2.13. The Kier molecular flexibility index (Phi) is 3.64. The molecule has 0 radical (unpaired) electrons. The summed E-state index contributed by atoms with van der Waals surface area (Å²) < 4.78 is 0. The highest BCUT2D eigenvalue weighted by Gasteiger charge is 1.95. The van der Waals surface area contributed by atoms with Crippen LogP contribution >= 0.6 is 23.2 Å². The molecule has 0 amide bonds. The molecule has 1 aromatic rings. The molecule has 64 valence electrons. The van der Waals surface area contributed by atoms with Crippen molar-refractivity contribution in [3.05, 3.63) is 40.9 Å². The molecule has 0 saturated heterocycles. The first kappa shape index (κ1) is 9.63. The van der Waals surface area contributed by atoms with Crippen LogP contribution < -0.4 is 0 Å². The van der Waals surface area contributed by atoms with E-state index in [0.29, 0.717) is 0 Å². The van der Waals surface area contributed by atoms with Gasteiger partial charge in [0.2, 0.25) is 0 Å². The topological polar surface area (TPSA) is 0 Å². The van der Waals surface area contributed by atoms with Gasteiger partial charge in [-0.3, -0.25) is 0 Å². The van der Waals surface area contributed by atoms with E-state index in [0.717, 1.165) is 22.0 Å². The van der Waals surface area contributed by atoms with Crippen molar-refractivity contribution in [2.45, 2.75) is 13.3 Å². The summed E-state index contributed by atoms with van der Waals surface area (Å²) in [5, 5.41) is 1.52. The number of rotatable bonds is 2. The maximum absolute atomic E-state index is 5.98. The molecule has 0 saturated carbocycles. The lowest BCUT2D eigenvalue weighted by Gasteiger charge is -1.97. The zero-order valence-electron chi connectivity index (χ0n) is 6.85. The second kappa shape index (κ2) is 4.54. The minimum Gasteiger partial charge on any atom is -0.0843 e. The van der Waals surface area contributed by atoms with Crippen molar-refractivity contribution < 1.29 is 0 Å². The molecule has 12 heavy (non-hydrogen) atoms. The predicted molar refractivity (Wildman–Crippen MR) is 55.6 cm³/mol. The molecular formula is C10H10Cl2. The molecule has 0 spiro atoms. The van der Waals surface area contributed by atoms with E-state index >= 15 is 0 Å². The van der Waals surface area contributed by atoms with Crippen LogP contribution in [0.4, 0.5) is 0 Å². The Balaban J connectivity index is 2.89. The number of hydrogen-bond acceptors (Lipinski definition) is 0. The summed E-state index contributed by atoms with van der Waals surface area (Å²) in [6, 6.07) is 7.50. The minimum atomic E-state index is 0.736. The van der Waals surface area contributed by atoms with Crippen molar-refractivity contribution in [2.24, 2.45) is 0 Å². The van der Waals surface area contributed by atoms with Crippen molar-refractivity contribution in [1.29, 1.82) is 0 Å². The summed E-state index contributed by atoms with van der Waals surface area (Å²) in [6.45, 7) is 2.05. The van der Waals surface area contributed by atoms with E-state index in [1.807, 2.05) is 30.3 Å². The Hall–Kier alpha value is -0.460. The van der Waals surface area contributed by atoms with Gasteiger partial charge in [0.25, 0.3) is 0 Å². The number of halogens is 2. The van der Waals surface area contributed by atoms with Crippen LogP contribution in [0, 0.1) is 0 Å². The monoisotopic (exact) mass is 200 g/mol. The third-order valence-electron chi connectivity index (χ3n) is 1.50. The van der Waals surface area contributed by atoms with Gasteiger partial charge in [-0.05, 0) is 24.1 Å². The van der Waals surface area contributed by atoms with Crippen molar-refractivity contribution in [1.82, 2.24) is 0 Å². The van der Waals surface area contributed by atoms with Crippen molar-refractivity contribution >= 4 is 28.2 Å². The Morgan fingerprint density at radius 2 is 1.92 bits per heavy atom. The van der Waals surface area contributed by atoms with Gasteiger partial charge in [0, 0.05) is 10.1 Å². The minimum absolute atomic E-state index is 0.736. The average Bonchev–Trinajstić information content (AvgIpc) is 2.06. The molecular weight excluding hydrogens is 191 g/mol. The van der Waals surface area contributed by atoms with Crippen LogP contribution in [0.3, 0.4) is 0 Å². The fourth-order valence-corrected chi connectivity index (χ4v) is 1.31. The zero-order valence-corrected chi connectivity index (χ0v) is 8.36. The molecule has 0 aliphatic heterocycles. The van der Waals surface area contributed by atoms with E-state index in [2.05, 4.69) is 6.92 Å². The number of allylic oxidation sites excluding steroid dienone is 1. The second-order valence-corrected chi connectivity index (χ2v) is 3.31. The average molecular weight is 201 g/mol. The highest BCUT2D eigenvalue weighted by molar-refractivity contribution is 6.48. The molecule has 1 aromatic carbocycles. The molecule has 2 heteroatoms. The van der Waals surface area contributed by atoms with Crippen LogP contribution in [-0.2, 0) is 0 Å². The Morgan fingerprint density at radius 3 is 2.42 bits per heavy atom. The fraction of sp³-hybridized carbons (Fsp3) is 0.200. The maximum Gasteiger partial charge on any atom is 0.0438 e. The van der Waals surface area contributed by atoms with E-state index in [1.165, 1.54) is 0 Å². The van der Waals surface area contributed by atoms with Crippen LogP contribution in [0.15, 0.2) is 30.3 Å². The highest BCUT2D eigenvalue weighted by atomic mass is 35.5. The summed E-state index contributed by atoms with van der Waals surface area (Å²) in [7, 11) is 0. The van der Waals surface area contributed by atoms with E-state index in [9.17, 15) is 0 Å². The standard InChI is InChI=1S/C10H10Cl2/c1-2-3-10(12)8-4-6-9(11)7-5-8/h3-7H,2H2,1H3/b10-3-. The van der Waals surface area contributed by atoms with Gasteiger partial charge in [-0.15, -0.1) is 0 Å². The smallest absolute Gasteiger partial charge is 0.0438 e. The molecule has 0 atom stereocenters. The summed E-state index contributed by atoms with van der Waals surface area (Å²) >= 11 is 11.7. The summed E-state index contributed by atoms with van der Waals surface area (Å²) in [5.41, 5.74) is 1.02. The molecule has 0 unspecified atom stereocenters. The molecule has 0 aliphatic carbocycles. The van der Waals surface area contributed by atoms with Crippen LogP contribution in [-0.4, -0.2) is 0 Å². The van der Waals surface area contributed by atoms with Crippen LogP contribution in [0.1, 0.15) is 18.9 Å². The molecule has 0 N–H and O–H groups in total. The summed E-state index contributed by atoms with van der Waals surface area (Å²) in [6.07, 6.45) is 2.92. The largest absolute Gasteiger partial charge is 0.0843 e. The van der Waals surface area contributed by atoms with Crippen molar-refractivity contribution in [2.75, 3.05) is 0 Å². The first-order valence-electron chi connectivity index (χ1n) is 3.85. The number of benzene rings is 1. The lowest BCUT2D eigenvalue weighted by Crippen LogP contribution is -1.75. The summed E-state index contributed by atoms with van der Waals surface area (Å²) in [4.78, 5) is 0. The molecule has 0 aliphatic rings. The van der Waals surface area contributed by atoms with Gasteiger partial charge in [0.1, 0.15) is 0 Å². The van der Waals surface area contributed by atoms with Gasteiger partial charge < -0.3 is 0 Å². The second-order valence-electron chi connectivity index (χ2n) is 2.47. The van der Waals surface area contributed by atoms with Crippen LogP contribution in [0.25, 0.3) is 5.03 Å². The lowest BCUT2D eigenvalue weighted by molar-refractivity contribution is 1.23. The van der Waals surface area contributed by atoms with Crippen molar-refractivity contribution in [3.63, 3.8) is 0 Å². The lowest BCUT2D eigenvalue weighted by atomic mass is 10.2. The molecule has 0 aromatic heterocycles. The van der Waals surface area contributed by atoms with E-state index < -0.39 is 0 Å². The van der Waals surface area contributed by atoms with Gasteiger partial charge in [-0.25, -0.2) is 0 Å². The van der Waals surface area contributed by atoms with Gasteiger partial charge in [-0.2, -0.15) is 0 Å². The normalized spacial score (nSPS) is 11.8. The van der Waals surface area contributed by atoms with E-state index in [4.69, 9.17) is 23.2 Å². The SMILES string of the molecule is CC/C=C(\Cl)c1ccc(Cl)cc1. The van der Waals surface area contributed by atoms with Crippen molar-refractivity contribution in [3.8, 4) is 0 Å². The number of hydrogen-bond donors (Lipinski definition) is 0. The highest BCUT2D eigenvalue weighted by Crippen LogP contribution is 2.20. The molecule has 0 nitrogen and oxygen atoms in total. The maximum atomic E-state index is 5.98. The molecule has 0 bridgehead atoms. The third kappa shape index (κ3) is 2.54. The Morgan fingerprint density at radius 1 is 1.33 bits per heavy atom. The molecule has 1 rings (SSSR count). The first-order valence-corrected chi connectivity index (χ1v) is 4.61. The molecule has 0 fully saturated rings. The van der Waals surface area contributed by atoms with Gasteiger partial charge in [0.05, 0.1) is 0 Å². The fourth-order valence-electron chi connectivity index (χ4n) is 0.906. The Labute approximate surface area is 82.8 Å². The van der Waals surface area contributed by atoms with E-state index in [1.54, 1.807) is 0 Å².